The molecule has 5 nitrogen and oxygen atoms in total. The van der Waals surface area contributed by atoms with E-state index in [2.05, 4.69) is 18.4 Å². The lowest BCUT2D eigenvalue weighted by Gasteiger charge is -2.48. The van der Waals surface area contributed by atoms with Crippen molar-refractivity contribution in [3.8, 4) is 11.4 Å². The van der Waals surface area contributed by atoms with Crippen molar-refractivity contribution in [3.63, 3.8) is 0 Å². The highest BCUT2D eigenvalue weighted by Crippen LogP contribution is 2.56. The molecular formula is C33H33F2NO4. The fraction of sp³-hybridized carbons (Fsp3) is 0.364. The number of aromatic nitrogens is 1. The van der Waals surface area contributed by atoms with Crippen LogP contribution in [0.2, 0.25) is 0 Å². The highest BCUT2D eigenvalue weighted by atomic mass is 19.1. The Morgan fingerprint density at radius 2 is 1.75 bits per heavy atom. The molecule has 2 heterocycles. The molecule has 4 aromatic rings. The molecule has 0 bridgehead atoms. The van der Waals surface area contributed by atoms with Crippen molar-refractivity contribution in [3.05, 3.63) is 94.9 Å². The molecule has 6 rings (SSSR count). The molecule has 0 atom stereocenters. The molecule has 1 aromatic heterocycles. The number of aryl methyl sites for hydroxylation is 1. The summed E-state index contributed by atoms with van der Waals surface area (Å²) >= 11 is 0. The van der Waals surface area contributed by atoms with Crippen LogP contribution in [0.5, 0.6) is 5.75 Å². The average molecular weight is 546 g/mol. The van der Waals surface area contributed by atoms with Crippen LogP contribution >= 0.6 is 0 Å². The minimum absolute atomic E-state index is 0.141. The normalized spacial score (nSPS) is 23.7. The molecule has 1 aliphatic heterocycles. The minimum Gasteiger partial charge on any atom is -0.488 e. The van der Waals surface area contributed by atoms with E-state index in [4.69, 9.17) is 9.47 Å². The smallest absolute Gasteiger partial charge is 0.341 e. The third-order valence-electron chi connectivity index (χ3n) is 8.63. The summed E-state index contributed by atoms with van der Waals surface area (Å²) < 4.78 is 44.9. The zero-order chi connectivity index (χ0) is 28.3. The molecule has 1 saturated carbocycles. The third-order valence-corrected chi connectivity index (χ3v) is 8.63. The molecule has 3 aromatic carbocycles. The minimum atomic E-state index is -2.28. The third kappa shape index (κ3) is 4.19. The molecule has 7 heteroatoms. The first-order chi connectivity index (χ1) is 19.0. The van der Waals surface area contributed by atoms with Gasteiger partial charge in [0.15, 0.2) is 0 Å². The molecule has 2 aliphatic rings. The summed E-state index contributed by atoms with van der Waals surface area (Å²) in [4.78, 5) is 11.8. The Labute approximate surface area is 232 Å². The number of carbonyl (C=O) groups is 1. The summed E-state index contributed by atoms with van der Waals surface area (Å²) in [5, 5.41) is 10.5. The summed E-state index contributed by atoms with van der Waals surface area (Å²) in [5.74, 6) is -1.03. The molecule has 0 amide bonds. The van der Waals surface area contributed by atoms with Gasteiger partial charge in [-0.1, -0.05) is 50.2 Å². The fourth-order valence-corrected chi connectivity index (χ4v) is 6.40. The number of carboxylic acid groups (broad SMARTS) is 1. The molecule has 1 aliphatic carbocycles. The number of nitrogens with zero attached hydrogens (tertiary/aromatic N) is 1. The van der Waals surface area contributed by atoms with Gasteiger partial charge in [0.1, 0.15) is 18.2 Å². The van der Waals surface area contributed by atoms with E-state index >= 15 is 4.39 Å². The molecule has 208 valence electrons. The standard InChI is InChI=1S/C33H33F2NO4/c1-21-18-23(12-13-24(21)34)36-25-10-7-11-26(39-19-22-8-5-4-6-9-22)27(25)28-29(36)31(2,3)20-40-33(28)16-14-32(35,15-17-33)30(37)38/h4-13,18H,14-17,19-20H2,1-3H3,(H,37,38)/t32-,33-. The Morgan fingerprint density at radius 1 is 1.02 bits per heavy atom. The quantitative estimate of drug-likeness (QED) is 0.282. The zero-order valence-electron chi connectivity index (χ0n) is 23.0. The molecule has 1 fully saturated rings. The Kier molecular flexibility index (Phi) is 6.26. The molecule has 0 saturated heterocycles. The highest BCUT2D eigenvalue weighted by molar-refractivity contribution is 5.94. The van der Waals surface area contributed by atoms with Crippen molar-refractivity contribution in [2.45, 2.75) is 69.7 Å². The van der Waals surface area contributed by atoms with Crippen LogP contribution in [0.15, 0.2) is 66.7 Å². The van der Waals surface area contributed by atoms with E-state index in [0.717, 1.165) is 33.4 Å². The first-order valence-electron chi connectivity index (χ1n) is 13.7. The first kappa shape index (κ1) is 26.5. The van der Waals surface area contributed by atoms with E-state index in [1.165, 1.54) is 6.07 Å². The lowest BCUT2D eigenvalue weighted by Crippen LogP contribution is -2.49. The molecule has 0 unspecified atom stereocenters. The van der Waals surface area contributed by atoms with E-state index in [1.807, 2.05) is 54.6 Å². The van der Waals surface area contributed by atoms with Gasteiger partial charge in [-0.15, -0.1) is 0 Å². The van der Waals surface area contributed by atoms with Crippen molar-refractivity contribution in [1.29, 1.82) is 0 Å². The van der Waals surface area contributed by atoms with Crippen LogP contribution in [0.1, 0.15) is 61.9 Å². The topological polar surface area (TPSA) is 60.7 Å². The number of fused-ring (bicyclic) bond motifs is 4. The Balaban J connectivity index is 1.61. The van der Waals surface area contributed by atoms with Gasteiger partial charge in [0.05, 0.1) is 17.7 Å². The van der Waals surface area contributed by atoms with Gasteiger partial charge in [-0.2, -0.15) is 0 Å². The van der Waals surface area contributed by atoms with Gasteiger partial charge < -0.3 is 19.1 Å². The first-order valence-corrected chi connectivity index (χ1v) is 13.7. The predicted octanol–water partition coefficient (Wildman–Crippen LogP) is 7.53. The molecule has 0 radical (unpaired) electrons. The van der Waals surface area contributed by atoms with Gasteiger partial charge in [-0.25, -0.2) is 13.6 Å². The Hall–Kier alpha value is -3.71. The predicted molar refractivity (Wildman–Crippen MR) is 149 cm³/mol. The van der Waals surface area contributed by atoms with E-state index < -0.39 is 22.7 Å². The lowest BCUT2D eigenvalue weighted by atomic mass is 9.68. The SMILES string of the molecule is Cc1cc(-n2c3c(c4c(OCc5ccccc5)cccc42)[C@]2(CC[C@](F)(C(=O)O)CC2)OCC3(C)C)ccc1F. The van der Waals surface area contributed by atoms with Crippen LogP contribution in [0.3, 0.4) is 0 Å². The second kappa shape index (κ2) is 9.44. The summed E-state index contributed by atoms with van der Waals surface area (Å²) in [6.45, 7) is 6.69. The zero-order valence-corrected chi connectivity index (χ0v) is 23.0. The summed E-state index contributed by atoms with van der Waals surface area (Å²) in [6.07, 6.45) is 0.177. The maximum Gasteiger partial charge on any atom is 0.341 e. The molecule has 1 N–H and O–H groups in total. The monoisotopic (exact) mass is 545 g/mol. The Bertz CT molecular complexity index is 1600. The number of halogens is 2. The van der Waals surface area contributed by atoms with Crippen LogP contribution < -0.4 is 4.74 Å². The van der Waals surface area contributed by atoms with E-state index in [0.29, 0.717) is 24.5 Å². The summed E-state index contributed by atoms with van der Waals surface area (Å²) in [6, 6.07) is 20.9. The van der Waals surface area contributed by atoms with Crippen LogP contribution in [0, 0.1) is 12.7 Å². The lowest BCUT2D eigenvalue weighted by molar-refractivity contribution is -0.165. The molecule has 1 spiro atoms. The van der Waals surface area contributed by atoms with Crippen molar-refractivity contribution >= 4 is 16.9 Å². The van der Waals surface area contributed by atoms with Crippen LogP contribution in [0.4, 0.5) is 8.78 Å². The number of aliphatic carboxylic acids is 1. The number of carboxylic acids is 1. The van der Waals surface area contributed by atoms with Gasteiger partial charge in [-0.3, -0.25) is 0 Å². The number of hydrogen-bond acceptors (Lipinski definition) is 3. The second-order valence-electron chi connectivity index (χ2n) is 11.9. The van der Waals surface area contributed by atoms with Crippen LogP contribution in [-0.4, -0.2) is 27.9 Å². The van der Waals surface area contributed by atoms with Gasteiger partial charge in [0.2, 0.25) is 5.67 Å². The van der Waals surface area contributed by atoms with Crippen molar-refractivity contribution in [2.75, 3.05) is 6.61 Å². The van der Waals surface area contributed by atoms with Gasteiger partial charge in [0.25, 0.3) is 0 Å². The van der Waals surface area contributed by atoms with Crippen LogP contribution in [-0.2, 0) is 27.2 Å². The van der Waals surface area contributed by atoms with E-state index in [-0.39, 0.29) is 31.5 Å². The number of ether oxygens (including phenoxy) is 2. The summed E-state index contributed by atoms with van der Waals surface area (Å²) in [7, 11) is 0. The second-order valence-corrected chi connectivity index (χ2v) is 11.9. The molecular weight excluding hydrogens is 512 g/mol. The van der Waals surface area contributed by atoms with Gasteiger partial charge in [-0.05, 0) is 74.1 Å². The average Bonchev–Trinajstić information content (AvgIpc) is 3.32. The maximum absolute atomic E-state index is 15.3. The van der Waals surface area contributed by atoms with Crippen molar-refractivity contribution in [2.24, 2.45) is 0 Å². The summed E-state index contributed by atoms with van der Waals surface area (Å²) in [5.41, 5.74) is 1.57. The Morgan fingerprint density at radius 3 is 2.42 bits per heavy atom. The van der Waals surface area contributed by atoms with Crippen molar-refractivity contribution in [1.82, 2.24) is 4.57 Å². The van der Waals surface area contributed by atoms with E-state index in [9.17, 15) is 14.3 Å². The maximum atomic E-state index is 15.3. The van der Waals surface area contributed by atoms with Gasteiger partial charge in [0, 0.05) is 27.7 Å². The van der Waals surface area contributed by atoms with E-state index in [1.54, 1.807) is 13.0 Å². The number of hydrogen-bond donors (Lipinski definition) is 1. The van der Waals surface area contributed by atoms with Crippen LogP contribution in [0.25, 0.3) is 16.6 Å². The van der Waals surface area contributed by atoms with Crippen molar-refractivity contribution < 1.29 is 28.2 Å². The number of rotatable bonds is 5. The largest absolute Gasteiger partial charge is 0.488 e. The highest BCUT2D eigenvalue weighted by Gasteiger charge is 2.55. The number of alkyl halides is 1. The van der Waals surface area contributed by atoms with Gasteiger partial charge >= 0.3 is 5.97 Å². The molecule has 40 heavy (non-hydrogen) atoms. The number of benzene rings is 3. The fourth-order valence-electron chi connectivity index (χ4n) is 6.40.